The van der Waals surface area contributed by atoms with Crippen LogP contribution < -0.4 is 5.32 Å². The van der Waals surface area contributed by atoms with Crippen LogP contribution in [0.25, 0.3) is 0 Å². The summed E-state index contributed by atoms with van der Waals surface area (Å²) in [6, 6.07) is -0.840. The van der Waals surface area contributed by atoms with Gasteiger partial charge in [-0.15, -0.1) is 0 Å². The van der Waals surface area contributed by atoms with Crippen molar-refractivity contribution < 1.29 is 27.9 Å². The molecule has 0 aromatic carbocycles. The molecule has 2 N–H and O–H groups in total. The van der Waals surface area contributed by atoms with Gasteiger partial charge in [0.15, 0.2) is 0 Å². The van der Waals surface area contributed by atoms with Crippen molar-refractivity contribution in [1.82, 2.24) is 10.2 Å². The van der Waals surface area contributed by atoms with Gasteiger partial charge in [0.1, 0.15) is 6.54 Å². The van der Waals surface area contributed by atoms with Gasteiger partial charge < -0.3 is 15.3 Å². The zero-order valence-electron chi connectivity index (χ0n) is 10.3. The van der Waals surface area contributed by atoms with E-state index in [0.717, 1.165) is 0 Å². The van der Waals surface area contributed by atoms with Crippen LogP contribution in [0.2, 0.25) is 0 Å². The summed E-state index contributed by atoms with van der Waals surface area (Å²) >= 11 is 0. The molecule has 0 radical (unpaired) electrons. The highest BCUT2D eigenvalue weighted by molar-refractivity contribution is 5.74. The number of carbonyl (C=O) groups excluding carboxylic acids is 1. The molecule has 0 aliphatic rings. The van der Waals surface area contributed by atoms with Gasteiger partial charge in [-0.25, -0.2) is 4.79 Å². The lowest BCUT2D eigenvalue weighted by Gasteiger charge is -2.22. The zero-order chi connectivity index (χ0) is 14.3. The topological polar surface area (TPSA) is 69.6 Å². The number of aliphatic carboxylic acids is 1. The van der Waals surface area contributed by atoms with Crippen LogP contribution in [0.4, 0.5) is 18.0 Å². The monoisotopic (exact) mass is 270 g/mol. The minimum Gasteiger partial charge on any atom is -0.481 e. The molecule has 0 spiro atoms. The number of nitrogens with one attached hydrogen (secondary N) is 1. The van der Waals surface area contributed by atoms with E-state index >= 15 is 0 Å². The Balaban J connectivity index is 4.10. The van der Waals surface area contributed by atoms with Crippen LogP contribution >= 0.6 is 0 Å². The van der Waals surface area contributed by atoms with Gasteiger partial charge in [0.05, 0.1) is 5.92 Å². The summed E-state index contributed by atoms with van der Waals surface area (Å²) in [6.07, 6.45) is -4.27. The van der Waals surface area contributed by atoms with Crippen molar-refractivity contribution in [2.75, 3.05) is 19.6 Å². The highest BCUT2D eigenvalue weighted by atomic mass is 19.4. The lowest BCUT2D eigenvalue weighted by atomic mass is 10.1. The number of hydrogen-bond donors (Lipinski definition) is 2. The number of alkyl halides is 3. The second-order valence-corrected chi connectivity index (χ2v) is 3.89. The van der Waals surface area contributed by atoms with Crippen molar-refractivity contribution in [1.29, 1.82) is 0 Å². The third-order valence-electron chi connectivity index (χ3n) is 2.31. The largest absolute Gasteiger partial charge is 0.481 e. The van der Waals surface area contributed by atoms with Crippen molar-refractivity contribution in [3.05, 3.63) is 0 Å². The van der Waals surface area contributed by atoms with E-state index in [1.54, 1.807) is 0 Å². The van der Waals surface area contributed by atoms with Crippen LogP contribution in [-0.4, -0.2) is 47.8 Å². The fourth-order valence-electron chi connectivity index (χ4n) is 1.17. The second-order valence-electron chi connectivity index (χ2n) is 3.89. The molecule has 106 valence electrons. The van der Waals surface area contributed by atoms with Crippen LogP contribution in [-0.2, 0) is 4.79 Å². The van der Waals surface area contributed by atoms with E-state index in [2.05, 4.69) is 5.32 Å². The summed E-state index contributed by atoms with van der Waals surface area (Å²) in [5.74, 6) is -1.66. The molecule has 0 aromatic heterocycles. The molecule has 0 fully saturated rings. The summed E-state index contributed by atoms with van der Waals surface area (Å²) in [6.45, 7) is 1.54. The van der Waals surface area contributed by atoms with Gasteiger partial charge in [-0.05, 0) is 13.3 Å². The van der Waals surface area contributed by atoms with Crippen molar-refractivity contribution in [3.63, 3.8) is 0 Å². The van der Waals surface area contributed by atoms with Gasteiger partial charge in [0.25, 0.3) is 0 Å². The quantitative estimate of drug-likeness (QED) is 0.771. The van der Waals surface area contributed by atoms with E-state index in [0.29, 0.717) is 4.90 Å². The Morgan fingerprint density at radius 3 is 2.33 bits per heavy atom. The first-order chi connectivity index (χ1) is 8.17. The standard InChI is InChI=1S/C10H17F3N2O3/c1-3-15(6-10(11,12)13)9(18)14-5-4-7(2)8(16)17/h7H,3-6H2,1-2H3,(H,14,18)(H,16,17). The first-order valence-corrected chi connectivity index (χ1v) is 5.49. The molecule has 1 atom stereocenters. The Morgan fingerprint density at radius 1 is 1.39 bits per heavy atom. The number of rotatable bonds is 6. The van der Waals surface area contributed by atoms with Crippen molar-refractivity contribution >= 4 is 12.0 Å². The average Bonchev–Trinajstić information content (AvgIpc) is 2.23. The maximum atomic E-state index is 12.1. The first kappa shape index (κ1) is 16.5. The molecule has 0 aliphatic carbocycles. The normalized spacial score (nSPS) is 12.9. The molecular weight excluding hydrogens is 253 g/mol. The van der Waals surface area contributed by atoms with E-state index in [1.165, 1.54) is 13.8 Å². The van der Waals surface area contributed by atoms with Crippen LogP contribution in [0.1, 0.15) is 20.3 Å². The summed E-state index contributed by atoms with van der Waals surface area (Å²) in [5.41, 5.74) is 0. The number of halogens is 3. The maximum absolute atomic E-state index is 12.1. The second kappa shape index (κ2) is 7.07. The Hall–Kier alpha value is -1.47. The number of nitrogens with zero attached hydrogens (tertiary/aromatic N) is 1. The van der Waals surface area contributed by atoms with Crippen molar-refractivity contribution in [3.8, 4) is 0 Å². The molecule has 0 saturated heterocycles. The molecule has 8 heteroatoms. The Labute approximate surface area is 103 Å². The number of hydrogen-bond acceptors (Lipinski definition) is 2. The Kier molecular flexibility index (Phi) is 6.50. The molecule has 0 bridgehead atoms. The van der Waals surface area contributed by atoms with E-state index in [-0.39, 0.29) is 19.5 Å². The van der Waals surface area contributed by atoms with E-state index in [9.17, 15) is 22.8 Å². The summed E-state index contributed by atoms with van der Waals surface area (Å²) in [5, 5.41) is 10.8. The van der Waals surface area contributed by atoms with E-state index in [4.69, 9.17) is 5.11 Å². The van der Waals surface area contributed by atoms with Crippen molar-refractivity contribution in [2.24, 2.45) is 5.92 Å². The molecule has 5 nitrogen and oxygen atoms in total. The molecule has 0 aromatic rings. The van der Waals surface area contributed by atoms with Gasteiger partial charge in [-0.3, -0.25) is 4.79 Å². The number of carbonyl (C=O) groups is 2. The van der Waals surface area contributed by atoms with Gasteiger partial charge in [-0.1, -0.05) is 6.92 Å². The molecule has 0 aliphatic heterocycles. The third kappa shape index (κ3) is 6.97. The average molecular weight is 270 g/mol. The van der Waals surface area contributed by atoms with E-state index < -0.39 is 30.6 Å². The number of amides is 2. The van der Waals surface area contributed by atoms with Crippen LogP contribution in [0.15, 0.2) is 0 Å². The highest BCUT2D eigenvalue weighted by Crippen LogP contribution is 2.16. The lowest BCUT2D eigenvalue weighted by Crippen LogP contribution is -2.45. The first-order valence-electron chi connectivity index (χ1n) is 5.49. The van der Waals surface area contributed by atoms with Crippen LogP contribution in [0, 0.1) is 5.92 Å². The minimum atomic E-state index is -4.44. The van der Waals surface area contributed by atoms with Gasteiger partial charge in [-0.2, -0.15) is 13.2 Å². The van der Waals surface area contributed by atoms with Crippen LogP contribution in [0.3, 0.4) is 0 Å². The highest BCUT2D eigenvalue weighted by Gasteiger charge is 2.32. The lowest BCUT2D eigenvalue weighted by molar-refractivity contribution is -0.141. The molecule has 0 saturated carbocycles. The van der Waals surface area contributed by atoms with Crippen LogP contribution in [0.5, 0.6) is 0 Å². The molecule has 0 rings (SSSR count). The smallest absolute Gasteiger partial charge is 0.406 e. The number of carboxylic acid groups (broad SMARTS) is 1. The predicted octanol–water partition coefficient (Wildman–Crippen LogP) is 1.69. The molecule has 0 heterocycles. The SMILES string of the molecule is CCN(CC(F)(F)F)C(=O)NCCC(C)C(=O)O. The minimum absolute atomic E-state index is 0.0284. The summed E-state index contributed by atoms with van der Waals surface area (Å²) in [7, 11) is 0. The fraction of sp³-hybridized carbons (Fsp3) is 0.800. The summed E-state index contributed by atoms with van der Waals surface area (Å²) in [4.78, 5) is 22.5. The molecule has 2 amide bonds. The summed E-state index contributed by atoms with van der Waals surface area (Å²) < 4.78 is 36.3. The number of carboxylic acids is 1. The van der Waals surface area contributed by atoms with Gasteiger partial charge in [0.2, 0.25) is 0 Å². The Morgan fingerprint density at radius 2 is 1.94 bits per heavy atom. The molecule has 1 unspecified atom stereocenters. The predicted molar refractivity (Wildman–Crippen MR) is 58.1 cm³/mol. The number of urea groups is 1. The maximum Gasteiger partial charge on any atom is 0.406 e. The van der Waals surface area contributed by atoms with Gasteiger partial charge in [0, 0.05) is 13.1 Å². The Bertz CT molecular complexity index is 295. The zero-order valence-corrected chi connectivity index (χ0v) is 10.3. The van der Waals surface area contributed by atoms with Crippen molar-refractivity contribution in [2.45, 2.75) is 26.4 Å². The van der Waals surface area contributed by atoms with E-state index in [1.807, 2.05) is 0 Å². The molecular formula is C10H17F3N2O3. The van der Waals surface area contributed by atoms with Gasteiger partial charge >= 0.3 is 18.2 Å². The fourth-order valence-corrected chi connectivity index (χ4v) is 1.17. The molecule has 18 heavy (non-hydrogen) atoms. The third-order valence-corrected chi connectivity index (χ3v) is 2.31.